The lowest BCUT2D eigenvalue weighted by Crippen LogP contribution is -2.33. The summed E-state index contributed by atoms with van der Waals surface area (Å²) >= 11 is 0. The number of anilines is 1. The lowest BCUT2D eigenvalue weighted by atomic mass is 9.95. The van der Waals surface area contributed by atoms with Gasteiger partial charge in [-0.3, -0.25) is 0 Å². The van der Waals surface area contributed by atoms with Crippen LogP contribution in [0.4, 0.5) is 10.1 Å². The summed E-state index contributed by atoms with van der Waals surface area (Å²) in [6.07, 6.45) is 0. The average Bonchev–Trinajstić information content (AvgIpc) is 2.84. The normalized spacial score (nSPS) is 33.1. The lowest BCUT2D eigenvalue weighted by Gasteiger charge is -2.26. The number of fused-ring (bicyclic) bond motifs is 1. The molecule has 0 bridgehead atoms. The molecule has 3 heteroatoms. The summed E-state index contributed by atoms with van der Waals surface area (Å²) in [7, 11) is 0. The Hall–Kier alpha value is -1.09. The van der Waals surface area contributed by atoms with E-state index in [9.17, 15) is 4.39 Å². The van der Waals surface area contributed by atoms with Crippen molar-refractivity contribution in [3.8, 4) is 0 Å². The van der Waals surface area contributed by atoms with Crippen LogP contribution in [-0.2, 0) is 0 Å². The fourth-order valence-electron chi connectivity index (χ4n) is 3.14. The third-order valence-electron chi connectivity index (χ3n) is 4.09. The summed E-state index contributed by atoms with van der Waals surface area (Å²) < 4.78 is 12.9. The van der Waals surface area contributed by atoms with Crippen molar-refractivity contribution in [1.82, 2.24) is 5.32 Å². The van der Waals surface area contributed by atoms with Crippen LogP contribution < -0.4 is 10.2 Å². The molecule has 2 fully saturated rings. The van der Waals surface area contributed by atoms with Crippen LogP contribution in [0.3, 0.4) is 0 Å². The fourth-order valence-corrected chi connectivity index (χ4v) is 3.14. The van der Waals surface area contributed by atoms with E-state index in [0.717, 1.165) is 37.2 Å². The maximum absolute atomic E-state index is 12.9. The van der Waals surface area contributed by atoms with Gasteiger partial charge in [0.25, 0.3) is 0 Å². The first-order valence-electron chi connectivity index (χ1n) is 5.98. The van der Waals surface area contributed by atoms with Crippen LogP contribution in [0.5, 0.6) is 0 Å². The molecule has 0 aliphatic carbocycles. The predicted molar refractivity (Wildman–Crippen MR) is 63.1 cm³/mol. The molecule has 2 heterocycles. The van der Waals surface area contributed by atoms with Gasteiger partial charge in [-0.2, -0.15) is 0 Å². The highest BCUT2D eigenvalue weighted by Crippen LogP contribution is 2.35. The molecule has 0 radical (unpaired) electrons. The third kappa shape index (κ3) is 1.50. The molecular formula is C13H17FN2. The maximum atomic E-state index is 12.9. The number of benzene rings is 1. The van der Waals surface area contributed by atoms with E-state index >= 15 is 0 Å². The molecule has 1 unspecified atom stereocenters. The van der Waals surface area contributed by atoms with Gasteiger partial charge in [-0.05, 0) is 43.0 Å². The number of halogens is 1. The van der Waals surface area contributed by atoms with E-state index < -0.39 is 0 Å². The molecule has 2 nitrogen and oxygen atoms in total. The summed E-state index contributed by atoms with van der Waals surface area (Å²) in [5.41, 5.74) is 1.16. The van der Waals surface area contributed by atoms with Gasteiger partial charge in [0, 0.05) is 31.4 Å². The molecule has 86 valence electrons. The molecule has 2 aliphatic rings. The number of rotatable bonds is 1. The lowest BCUT2D eigenvalue weighted by molar-refractivity contribution is 0.471. The number of nitrogens with zero attached hydrogens (tertiary/aromatic N) is 1. The van der Waals surface area contributed by atoms with E-state index in [1.807, 2.05) is 12.1 Å². The Morgan fingerprint density at radius 3 is 2.69 bits per heavy atom. The molecule has 0 spiro atoms. The SMILES string of the molecule is CC1[C@H]2CNC[C@H]2CN1c1ccc(F)cc1. The Bertz CT molecular complexity index is 376. The summed E-state index contributed by atoms with van der Waals surface area (Å²) in [4.78, 5) is 2.41. The monoisotopic (exact) mass is 220 g/mol. The van der Waals surface area contributed by atoms with Crippen LogP contribution in [-0.4, -0.2) is 25.7 Å². The predicted octanol–water partition coefficient (Wildman–Crippen LogP) is 1.87. The highest BCUT2D eigenvalue weighted by atomic mass is 19.1. The average molecular weight is 220 g/mol. The van der Waals surface area contributed by atoms with Crippen molar-refractivity contribution in [2.24, 2.45) is 11.8 Å². The second-order valence-corrected chi connectivity index (χ2v) is 4.95. The Kier molecular flexibility index (Phi) is 2.36. The molecule has 16 heavy (non-hydrogen) atoms. The summed E-state index contributed by atoms with van der Waals surface area (Å²) in [6.45, 7) is 5.64. The van der Waals surface area contributed by atoms with Crippen LogP contribution in [0, 0.1) is 17.7 Å². The van der Waals surface area contributed by atoms with Crippen LogP contribution in [0.2, 0.25) is 0 Å². The summed E-state index contributed by atoms with van der Waals surface area (Å²) in [5.74, 6) is 1.36. The Morgan fingerprint density at radius 2 is 2.00 bits per heavy atom. The van der Waals surface area contributed by atoms with Crippen LogP contribution in [0.1, 0.15) is 6.92 Å². The van der Waals surface area contributed by atoms with Crippen LogP contribution in [0.25, 0.3) is 0 Å². The van der Waals surface area contributed by atoms with Gasteiger partial charge in [0.05, 0.1) is 0 Å². The first-order valence-corrected chi connectivity index (χ1v) is 5.98. The highest BCUT2D eigenvalue weighted by molar-refractivity contribution is 5.49. The molecule has 1 aromatic carbocycles. The molecule has 0 amide bonds. The summed E-state index contributed by atoms with van der Waals surface area (Å²) in [5, 5.41) is 3.45. The molecular weight excluding hydrogens is 203 g/mol. The van der Waals surface area contributed by atoms with Crippen molar-refractivity contribution in [1.29, 1.82) is 0 Å². The van der Waals surface area contributed by atoms with Gasteiger partial charge in [-0.15, -0.1) is 0 Å². The molecule has 3 rings (SSSR count). The van der Waals surface area contributed by atoms with Crippen molar-refractivity contribution < 1.29 is 4.39 Å². The second kappa shape index (κ2) is 3.74. The minimum Gasteiger partial charge on any atom is -0.368 e. The van der Waals surface area contributed by atoms with E-state index in [4.69, 9.17) is 0 Å². The first kappa shape index (κ1) is 10.1. The van der Waals surface area contributed by atoms with Crippen LogP contribution >= 0.6 is 0 Å². The molecule has 2 saturated heterocycles. The zero-order chi connectivity index (χ0) is 11.1. The van der Waals surface area contributed by atoms with E-state index in [0.29, 0.717) is 6.04 Å². The number of hydrogen-bond acceptors (Lipinski definition) is 2. The van der Waals surface area contributed by atoms with Gasteiger partial charge in [-0.25, -0.2) is 4.39 Å². The molecule has 2 aliphatic heterocycles. The summed E-state index contributed by atoms with van der Waals surface area (Å²) in [6, 6.07) is 7.44. The van der Waals surface area contributed by atoms with Gasteiger partial charge in [-0.1, -0.05) is 0 Å². The number of nitrogens with one attached hydrogen (secondary N) is 1. The van der Waals surface area contributed by atoms with Gasteiger partial charge >= 0.3 is 0 Å². The van der Waals surface area contributed by atoms with Crippen molar-refractivity contribution in [2.45, 2.75) is 13.0 Å². The van der Waals surface area contributed by atoms with E-state index in [1.165, 1.54) is 0 Å². The molecule has 0 aromatic heterocycles. The fraction of sp³-hybridized carbons (Fsp3) is 0.538. The minimum atomic E-state index is -0.155. The molecule has 3 atom stereocenters. The van der Waals surface area contributed by atoms with Gasteiger partial charge < -0.3 is 10.2 Å². The first-order chi connectivity index (χ1) is 7.75. The van der Waals surface area contributed by atoms with Gasteiger partial charge in [0.2, 0.25) is 0 Å². The van der Waals surface area contributed by atoms with Crippen molar-refractivity contribution >= 4 is 5.69 Å². The standard InChI is InChI=1S/C13H17FN2/c1-9-13-7-15-6-10(13)8-16(9)12-4-2-11(14)3-5-12/h2-5,9-10,13,15H,6-8H2,1H3/t9?,10-,13+/m0/s1. The number of hydrogen-bond donors (Lipinski definition) is 1. The topological polar surface area (TPSA) is 15.3 Å². The van der Waals surface area contributed by atoms with E-state index in [1.54, 1.807) is 12.1 Å². The van der Waals surface area contributed by atoms with Crippen molar-refractivity contribution in [3.63, 3.8) is 0 Å². The quantitative estimate of drug-likeness (QED) is 0.777. The van der Waals surface area contributed by atoms with E-state index in [2.05, 4.69) is 17.1 Å². The largest absolute Gasteiger partial charge is 0.368 e. The molecule has 1 aromatic rings. The van der Waals surface area contributed by atoms with Crippen molar-refractivity contribution in [2.75, 3.05) is 24.5 Å². The zero-order valence-corrected chi connectivity index (χ0v) is 9.49. The van der Waals surface area contributed by atoms with Gasteiger partial charge in [0.15, 0.2) is 0 Å². The van der Waals surface area contributed by atoms with Crippen LogP contribution in [0.15, 0.2) is 24.3 Å². The minimum absolute atomic E-state index is 0.155. The van der Waals surface area contributed by atoms with Crippen molar-refractivity contribution in [3.05, 3.63) is 30.1 Å². The molecule has 0 saturated carbocycles. The maximum Gasteiger partial charge on any atom is 0.123 e. The van der Waals surface area contributed by atoms with E-state index in [-0.39, 0.29) is 5.82 Å². The highest BCUT2D eigenvalue weighted by Gasteiger charge is 2.41. The Labute approximate surface area is 95.4 Å². The molecule has 1 N–H and O–H groups in total. The Balaban J connectivity index is 1.83. The third-order valence-corrected chi connectivity index (χ3v) is 4.09. The van der Waals surface area contributed by atoms with Gasteiger partial charge in [0.1, 0.15) is 5.82 Å². The second-order valence-electron chi connectivity index (χ2n) is 4.95. The smallest absolute Gasteiger partial charge is 0.123 e. The zero-order valence-electron chi connectivity index (χ0n) is 9.49. The Morgan fingerprint density at radius 1 is 1.25 bits per heavy atom.